The molecule has 4 nitrogen and oxygen atoms in total. The van der Waals surface area contributed by atoms with Crippen LogP contribution in [0.15, 0.2) is 4.99 Å². The van der Waals surface area contributed by atoms with Crippen LogP contribution in [0, 0.1) is 0 Å². The van der Waals surface area contributed by atoms with Crippen molar-refractivity contribution in [2.24, 2.45) is 4.99 Å². The second kappa shape index (κ2) is 13.7. The summed E-state index contributed by atoms with van der Waals surface area (Å²) in [6.07, 6.45) is 5.12. The number of nitrogens with zero attached hydrogens (tertiary/aromatic N) is 2. The van der Waals surface area contributed by atoms with Gasteiger partial charge in [-0.05, 0) is 65.8 Å². The van der Waals surface area contributed by atoms with Gasteiger partial charge in [0.05, 0.1) is 6.54 Å². The normalized spacial score (nSPS) is 18.6. The summed E-state index contributed by atoms with van der Waals surface area (Å²) in [5, 5.41) is 7.54. The number of thioether (sulfide) groups is 1. The first-order valence-corrected chi connectivity index (χ1v) is 9.52. The van der Waals surface area contributed by atoms with Gasteiger partial charge in [0.25, 0.3) is 0 Å². The van der Waals surface area contributed by atoms with Crippen molar-refractivity contribution in [3.8, 4) is 0 Å². The minimum Gasteiger partial charge on any atom is -0.357 e. The number of aliphatic imine (C=N–C) groups is 1. The summed E-state index contributed by atoms with van der Waals surface area (Å²) in [6, 6.07) is 0.640. The molecule has 0 radical (unpaired) electrons. The van der Waals surface area contributed by atoms with Crippen molar-refractivity contribution >= 4 is 41.7 Å². The Morgan fingerprint density at radius 1 is 1.32 bits per heavy atom. The summed E-state index contributed by atoms with van der Waals surface area (Å²) in [5.41, 5.74) is 0. The Morgan fingerprint density at radius 2 is 2.09 bits per heavy atom. The molecule has 1 heterocycles. The minimum absolute atomic E-state index is 0. The topological polar surface area (TPSA) is 39.7 Å². The molecule has 0 aromatic carbocycles. The molecule has 1 atom stereocenters. The largest absolute Gasteiger partial charge is 0.357 e. The van der Waals surface area contributed by atoms with Gasteiger partial charge in [0.15, 0.2) is 5.96 Å². The summed E-state index contributed by atoms with van der Waals surface area (Å²) >= 11 is 2.07. The van der Waals surface area contributed by atoms with Crippen LogP contribution in [-0.4, -0.2) is 61.1 Å². The SMILES string of the molecule is CCNC(=NCC1CCCS1)NCCCCN(C)C(C)C.I. The highest BCUT2D eigenvalue weighted by atomic mass is 127. The van der Waals surface area contributed by atoms with Crippen LogP contribution < -0.4 is 10.6 Å². The van der Waals surface area contributed by atoms with E-state index in [1.807, 2.05) is 0 Å². The van der Waals surface area contributed by atoms with Crippen molar-refractivity contribution in [2.75, 3.05) is 39.0 Å². The molecule has 1 aliphatic rings. The molecule has 0 amide bonds. The minimum atomic E-state index is 0. The van der Waals surface area contributed by atoms with Gasteiger partial charge >= 0.3 is 0 Å². The van der Waals surface area contributed by atoms with Gasteiger partial charge in [0.2, 0.25) is 0 Å². The van der Waals surface area contributed by atoms with Gasteiger partial charge in [0.1, 0.15) is 0 Å². The van der Waals surface area contributed by atoms with Crippen LogP contribution in [0.5, 0.6) is 0 Å². The fraction of sp³-hybridized carbons (Fsp3) is 0.938. The average molecular weight is 442 g/mol. The van der Waals surface area contributed by atoms with Crippen LogP contribution in [0.3, 0.4) is 0 Å². The quantitative estimate of drug-likeness (QED) is 0.249. The van der Waals surface area contributed by atoms with Crippen LogP contribution in [0.1, 0.15) is 46.5 Å². The zero-order valence-electron chi connectivity index (χ0n) is 14.7. The molecule has 1 fully saturated rings. The summed E-state index contributed by atoms with van der Waals surface area (Å²) in [6.45, 7) is 10.7. The smallest absolute Gasteiger partial charge is 0.191 e. The van der Waals surface area contributed by atoms with E-state index in [9.17, 15) is 0 Å². The van der Waals surface area contributed by atoms with Gasteiger partial charge in [-0.3, -0.25) is 4.99 Å². The maximum Gasteiger partial charge on any atom is 0.191 e. The van der Waals surface area contributed by atoms with Crippen LogP contribution >= 0.6 is 35.7 Å². The maximum absolute atomic E-state index is 4.72. The Morgan fingerprint density at radius 3 is 2.68 bits per heavy atom. The van der Waals surface area contributed by atoms with E-state index < -0.39 is 0 Å². The number of hydrogen-bond acceptors (Lipinski definition) is 3. The van der Waals surface area contributed by atoms with E-state index in [4.69, 9.17) is 4.99 Å². The van der Waals surface area contributed by atoms with Crippen LogP contribution in [0.4, 0.5) is 0 Å². The average Bonchev–Trinajstić information content (AvgIpc) is 2.97. The van der Waals surface area contributed by atoms with E-state index >= 15 is 0 Å². The standard InChI is InChI=1S/C16H34N4S.HI/c1-5-17-16(19-13-15-9-8-12-21-15)18-10-6-7-11-20(4)14(2)3;/h14-15H,5-13H2,1-4H3,(H2,17,18,19);1H. The fourth-order valence-corrected chi connectivity index (χ4v) is 3.45. The highest BCUT2D eigenvalue weighted by Crippen LogP contribution is 2.25. The van der Waals surface area contributed by atoms with Gasteiger partial charge in [-0.2, -0.15) is 11.8 Å². The van der Waals surface area contributed by atoms with Gasteiger partial charge < -0.3 is 15.5 Å². The van der Waals surface area contributed by atoms with E-state index in [-0.39, 0.29) is 24.0 Å². The van der Waals surface area contributed by atoms with Crippen LogP contribution in [0.25, 0.3) is 0 Å². The van der Waals surface area contributed by atoms with Crippen molar-refractivity contribution < 1.29 is 0 Å². The molecule has 0 aromatic rings. The fourth-order valence-electron chi connectivity index (χ4n) is 2.27. The number of guanidine groups is 1. The molecule has 132 valence electrons. The van der Waals surface area contributed by atoms with E-state index in [1.54, 1.807) is 0 Å². The zero-order valence-corrected chi connectivity index (χ0v) is 17.9. The molecule has 2 N–H and O–H groups in total. The van der Waals surface area contributed by atoms with Crippen molar-refractivity contribution in [1.82, 2.24) is 15.5 Å². The maximum atomic E-state index is 4.72. The third kappa shape index (κ3) is 10.2. The van der Waals surface area contributed by atoms with E-state index in [1.165, 1.54) is 38.0 Å². The molecule has 1 rings (SSSR count). The predicted octanol–water partition coefficient (Wildman–Crippen LogP) is 3.18. The first kappa shape index (κ1) is 22.3. The summed E-state index contributed by atoms with van der Waals surface area (Å²) in [7, 11) is 2.20. The monoisotopic (exact) mass is 442 g/mol. The Balaban J connectivity index is 0.00000441. The lowest BCUT2D eigenvalue weighted by molar-refractivity contribution is 0.268. The third-order valence-corrected chi connectivity index (χ3v) is 5.31. The molecule has 1 saturated heterocycles. The molecule has 1 aliphatic heterocycles. The molecule has 22 heavy (non-hydrogen) atoms. The molecule has 0 aromatic heterocycles. The molecule has 0 saturated carbocycles. The first-order valence-electron chi connectivity index (χ1n) is 8.47. The predicted molar refractivity (Wildman–Crippen MR) is 112 cm³/mol. The third-order valence-electron chi connectivity index (χ3n) is 3.93. The molecule has 1 unspecified atom stereocenters. The van der Waals surface area contributed by atoms with Gasteiger partial charge in [0, 0.05) is 24.4 Å². The summed E-state index contributed by atoms with van der Waals surface area (Å²) in [4.78, 5) is 7.12. The molecule has 0 aliphatic carbocycles. The van der Waals surface area contributed by atoms with Crippen LogP contribution in [-0.2, 0) is 0 Å². The van der Waals surface area contributed by atoms with E-state index in [0.717, 1.165) is 30.8 Å². The van der Waals surface area contributed by atoms with Crippen molar-refractivity contribution in [2.45, 2.75) is 57.7 Å². The van der Waals surface area contributed by atoms with Crippen molar-refractivity contribution in [1.29, 1.82) is 0 Å². The number of nitrogens with one attached hydrogen (secondary N) is 2. The second-order valence-electron chi connectivity index (χ2n) is 6.06. The zero-order chi connectivity index (χ0) is 15.5. The van der Waals surface area contributed by atoms with Gasteiger partial charge in [-0.1, -0.05) is 0 Å². The Kier molecular flexibility index (Phi) is 13.9. The molecular formula is C16H35IN4S. The van der Waals surface area contributed by atoms with E-state index in [0.29, 0.717) is 6.04 Å². The summed E-state index contributed by atoms with van der Waals surface area (Å²) in [5.74, 6) is 2.30. The number of hydrogen-bond donors (Lipinski definition) is 2. The highest BCUT2D eigenvalue weighted by Gasteiger charge is 2.14. The highest BCUT2D eigenvalue weighted by molar-refractivity contribution is 14.0. The lowest BCUT2D eigenvalue weighted by atomic mass is 10.2. The molecule has 0 spiro atoms. The number of unbranched alkanes of at least 4 members (excludes halogenated alkanes) is 1. The van der Waals surface area contributed by atoms with Crippen molar-refractivity contribution in [3.05, 3.63) is 0 Å². The first-order chi connectivity index (χ1) is 10.1. The lowest BCUT2D eigenvalue weighted by Gasteiger charge is -2.20. The Hall–Kier alpha value is 0.310. The van der Waals surface area contributed by atoms with Crippen molar-refractivity contribution in [3.63, 3.8) is 0 Å². The molecule has 0 bridgehead atoms. The molecular weight excluding hydrogens is 407 g/mol. The Bertz CT molecular complexity index is 294. The van der Waals surface area contributed by atoms with Gasteiger partial charge in [-0.15, -0.1) is 24.0 Å². The Labute approximate surface area is 158 Å². The lowest BCUT2D eigenvalue weighted by Crippen LogP contribution is -2.38. The summed E-state index contributed by atoms with van der Waals surface area (Å²) < 4.78 is 0. The second-order valence-corrected chi connectivity index (χ2v) is 7.47. The molecule has 6 heteroatoms. The van der Waals surface area contributed by atoms with E-state index in [2.05, 4.69) is 55.1 Å². The number of halogens is 1. The van der Waals surface area contributed by atoms with Crippen LogP contribution in [0.2, 0.25) is 0 Å². The number of rotatable bonds is 9. The van der Waals surface area contributed by atoms with Gasteiger partial charge in [-0.25, -0.2) is 0 Å².